The average Bonchev–Trinajstić information content (AvgIpc) is 2.55. The molecule has 2 heteroatoms. The van der Waals surface area contributed by atoms with E-state index in [1.54, 1.807) is 0 Å². The lowest BCUT2D eigenvalue weighted by atomic mass is 10.0. The molecule has 1 unspecified atom stereocenters. The van der Waals surface area contributed by atoms with E-state index in [4.69, 9.17) is 0 Å². The summed E-state index contributed by atoms with van der Waals surface area (Å²) >= 11 is 0. The number of aryl methyl sites for hydroxylation is 2. The number of nitrogens with zero attached hydrogens (tertiary/aromatic N) is 1. The first-order chi connectivity index (χ1) is 7.29. The second kappa shape index (κ2) is 3.11. The molecule has 0 saturated heterocycles. The minimum atomic E-state index is -0.272. The van der Waals surface area contributed by atoms with Gasteiger partial charge < -0.3 is 9.67 Å². The Morgan fingerprint density at radius 1 is 1.33 bits per heavy atom. The Labute approximate surface area is 89.1 Å². The van der Waals surface area contributed by atoms with Gasteiger partial charge in [0.05, 0.1) is 11.8 Å². The molecule has 1 aliphatic heterocycles. The molecule has 2 heterocycles. The van der Waals surface area contributed by atoms with E-state index in [-0.39, 0.29) is 6.10 Å². The summed E-state index contributed by atoms with van der Waals surface area (Å²) in [5.41, 5.74) is 3.64. The van der Waals surface area contributed by atoms with Crippen LogP contribution in [-0.4, -0.2) is 9.67 Å². The van der Waals surface area contributed by atoms with E-state index < -0.39 is 0 Å². The van der Waals surface area contributed by atoms with Gasteiger partial charge >= 0.3 is 0 Å². The van der Waals surface area contributed by atoms with Crippen molar-refractivity contribution < 1.29 is 5.11 Å². The van der Waals surface area contributed by atoms with Crippen LogP contribution < -0.4 is 0 Å². The van der Waals surface area contributed by atoms with Gasteiger partial charge in [-0.2, -0.15) is 0 Å². The minimum absolute atomic E-state index is 0.272. The Hall–Kier alpha value is -1.28. The number of hydrogen-bond acceptors (Lipinski definition) is 1. The third kappa shape index (κ3) is 1.15. The van der Waals surface area contributed by atoms with Crippen LogP contribution in [0.3, 0.4) is 0 Å². The van der Waals surface area contributed by atoms with Gasteiger partial charge in [-0.1, -0.05) is 18.2 Å². The Morgan fingerprint density at radius 3 is 3.00 bits per heavy atom. The van der Waals surface area contributed by atoms with E-state index in [2.05, 4.69) is 35.8 Å². The van der Waals surface area contributed by atoms with Crippen molar-refractivity contribution in [1.29, 1.82) is 0 Å². The number of aromatic nitrogens is 1. The highest BCUT2D eigenvalue weighted by Crippen LogP contribution is 2.34. The van der Waals surface area contributed by atoms with Crippen molar-refractivity contribution in [2.24, 2.45) is 0 Å². The molecule has 2 aromatic rings. The van der Waals surface area contributed by atoms with Crippen LogP contribution in [-0.2, 0) is 6.54 Å². The fraction of sp³-hybridized carbons (Fsp3) is 0.385. The molecule has 1 atom stereocenters. The van der Waals surface area contributed by atoms with Crippen LogP contribution in [0.15, 0.2) is 24.3 Å². The quantitative estimate of drug-likeness (QED) is 0.696. The zero-order valence-corrected chi connectivity index (χ0v) is 8.90. The van der Waals surface area contributed by atoms with Crippen LogP contribution in [0.5, 0.6) is 0 Å². The number of benzene rings is 1. The molecular weight excluding hydrogens is 186 g/mol. The second-order valence-electron chi connectivity index (χ2n) is 4.34. The summed E-state index contributed by atoms with van der Waals surface area (Å²) < 4.78 is 2.28. The highest BCUT2D eigenvalue weighted by molar-refractivity contribution is 5.85. The zero-order chi connectivity index (χ0) is 10.4. The van der Waals surface area contributed by atoms with Gasteiger partial charge in [0.25, 0.3) is 0 Å². The van der Waals surface area contributed by atoms with E-state index in [0.29, 0.717) is 0 Å². The molecule has 0 aliphatic carbocycles. The number of aliphatic hydroxyl groups is 1. The van der Waals surface area contributed by atoms with Crippen LogP contribution in [0.25, 0.3) is 10.9 Å². The summed E-state index contributed by atoms with van der Waals surface area (Å²) in [6, 6.07) is 8.41. The standard InChI is InChI=1S/C13H15NO/c1-9-10-5-2-3-6-11(10)14-8-4-7-12(15)13(9)14/h2-3,5-6,12,15H,4,7-8H2,1H3. The molecule has 1 aromatic carbocycles. The van der Waals surface area contributed by atoms with E-state index in [1.165, 1.54) is 16.5 Å². The molecule has 1 N–H and O–H groups in total. The summed E-state index contributed by atoms with van der Waals surface area (Å²) in [6.07, 6.45) is 1.70. The Morgan fingerprint density at radius 2 is 2.13 bits per heavy atom. The van der Waals surface area contributed by atoms with Crippen molar-refractivity contribution >= 4 is 10.9 Å². The number of hydrogen-bond donors (Lipinski definition) is 1. The van der Waals surface area contributed by atoms with E-state index in [1.807, 2.05) is 0 Å². The molecule has 0 bridgehead atoms. The van der Waals surface area contributed by atoms with E-state index in [0.717, 1.165) is 25.1 Å². The zero-order valence-electron chi connectivity index (χ0n) is 8.90. The van der Waals surface area contributed by atoms with Crippen LogP contribution in [0.1, 0.15) is 30.2 Å². The monoisotopic (exact) mass is 201 g/mol. The molecule has 1 aromatic heterocycles. The molecule has 15 heavy (non-hydrogen) atoms. The fourth-order valence-electron chi connectivity index (χ4n) is 2.75. The lowest BCUT2D eigenvalue weighted by Crippen LogP contribution is -2.15. The average molecular weight is 201 g/mol. The van der Waals surface area contributed by atoms with Crippen molar-refractivity contribution in [3.05, 3.63) is 35.5 Å². The largest absolute Gasteiger partial charge is 0.387 e. The predicted octanol–water partition coefficient (Wildman–Crippen LogP) is 2.78. The molecule has 0 fully saturated rings. The molecular formula is C13H15NO. The number of para-hydroxylation sites is 1. The van der Waals surface area contributed by atoms with Gasteiger partial charge in [-0.05, 0) is 31.4 Å². The van der Waals surface area contributed by atoms with Crippen LogP contribution in [0, 0.1) is 6.92 Å². The van der Waals surface area contributed by atoms with Gasteiger partial charge in [0.2, 0.25) is 0 Å². The third-order valence-electron chi connectivity index (χ3n) is 3.45. The number of rotatable bonds is 0. The second-order valence-corrected chi connectivity index (χ2v) is 4.34. The number of aliphatic hydroxyl groups excluding tert-OH is 1. The van der Waals surface area contributed by atoms with Gasteiger partial charge in [0.1, 0.15) is 0 Å². The van der Waals surface area contributed by atoms with E-state index in [9.17, 15) is 5.11 Å². The smallest absolute Gasteiger partial charge is 0.0943 e. The van der Waals surface area contributed by atoms with Crippen LogP contribution in [0.4, 0.5) is 0 Å². The molecule has 3 rings (SSSR count). The lowest BCUT2D eigenvalue weighted by Gasteiger charge is -2.22. The Bertz CT molecular complexity index is 512. The highest BCUT2D eigenvalue weighted by atomic mass is 16.3. The van der Waals surface area contributed by atoms with Crippen molar-refractivity contribution in [2.45, 2.75) is 32.4 Å². The number of fused-ring (bicyclic) bond motifs is 3. The van der Waals surface area contributed by atoms with Gasteiger partial charge in [-0.15, -0.1) is 0 Å². The first-order valence-electron chi connectivity index (χ1n) is 5.55. The fourth-order valence-corrected chi connectivity index (χ4v) is 2.75. The van der Waals surface area contributed by atoms with Crippen LogP contribution in [0.2, 0.25) is 0 Å². The first-order valence-corrected chi connectivity index (χ1v) is 5.55. The van der Waals surface area contributed by atoms with E-state index >= 15 is 0 Å². The van der Waals surface area contributed by atoms with Gasteiger partial charge in [-0.25, -0.2) is 0 Å². The SMILES string of the molecule is Cc1c2n(c3ccccc13)CCCC2O. The van der Waals surface area contributed by atoms with Gasteiger partial charge in [0.15, 0.2) is 0 Å². The summed E-state index contributed by atoms with van der Waals surface area (Å²) in [5, 5.41) is 11.3. The molecule has 0 amide bonds. The molecule has 78 valence electrons. The van der Waals surface area contributed by atoms with Crippen molar-refractivity contribution in [2.75, 3.05) is 0 Å². The summed E-state index contributed by atoms with van der Waals surface area (Å²) in [4.78, 5) is 0. The van der Waals surface area contributed by atoms with Crippen molar-refractivity contribution in [1.82, 2.24) is 4.57 Å². The molecule has 2 nitrogen and oxygen atoms in total. The summed E-state index contributed by atoms with van der Waals surface area (Å²) in [7, 11) is 0. The maximum absolute atomic E-state index is 10.0. The Kier molecular flexibility index (Phi) is 1.86. The van der Waals surface area contributed by atoms with Crippen molar-refractivity contribution in [3.8, 4) is 0 Å². The topological polar surface area (TPSA) is 25.2 Å². The molecule has 1 aliphatic rings. The predicted molar refractivity (Wildman–Crippen MR) is 60.9 cm³/mol. The maximum atomic E-state index is 10.0. The minimum Gasteiger partial charge on any atom is -0.387 e. The lowest BCUT2D eigenvalue weighted by molar-refractivity contribution is 0.139. The first kappa shape index (κ1) is 8.98. The van der Waals surface area contributed by atoms with Gasteiger partial charge in [0, 0.05) is 17.4 Å². The highest BCUT2D eigenvalue weighted by Gasteiger charge is 2.23. The molecule has 0 radical (unpaired) electrons. The Balaban J connectivity index is 2.40. The third-order valence-corrected chi connectivity index (χ3v) is 3.45. The van der Waals surface area contributed by atoms with Gasteiger partial charge in [-0.3, -0.25) is 0 Å². The summed E-state index contributed by atoms with van der Waals surface area (Å²) in [6.45, 7) is 3.16. The van der Waals surface area contributed by atoms with Crippen LogP contribution >= 0.6 is 0 Å². The molecule has 0 saturated carbocycles. The molecule has 0 spiro atoms. The normalized spacial score (nSPS) is 20.5. The van der Waals surface area contributed by atoms with Crippen molar-refractivity contribution in [3.63, 3.8) is 0 Å². The maximum Gasteiger partial charge on any atom is 0.0943 e. The summed E-state index contributed by atoms with van der Waals surface area (Å²) in [5.74, 6) is 0.